The van der Waals surface area contributed by atoms with Crippen LogP contribution in [-0.2, 0) is 12.8 Å². The van der Waals surface area contributed by atoms with Crippen LogP contribution in [0, 0.1) is 0 Å². The molecule has 7 nitrogen and oxygen atoms in total. The summed E-state index contributed by atoms with van der Waals surface area (Å²) in [7, 11) is 1.83. The molecule has 3 aromatic rings. The van der Waals surface area contributed by atoms with E-state index in [1.807, 2.05) is 7.05 Å². The molecule has 26 heavy (non-hydrogen) atoms. The fourth-order valence-corrected chi connectivity index (χ4v) is 2.93. The first-order chi connectivity index (χ1) is 12.5. The molecule has 0 radical (unpaired) electrons. The summed E-state index contributed by atoms with van der Waals surface area (Å²) in [6.07, 6.45) is 2.80. The monoisotopic (exact) mass is 391 g/mol. The second kappa shape index (κ2) is 8.20. The third-order valence-corrected chi connectivity index (χ3v) is 4.70. The minimum absolute atomic E-state index is 0.0141. The van der Waals surface area contributed by atoms with Gasteiger partial charge in [0.25, 0.3) is 0 Å². The van der Waals surface area contributed by atoms with E-state index in [-0.39, 0.29) is 23.6 Å². The number of hydrogen-bond donors (Lipinski definition) is 0. The Bertz CT molecular complexity index is 969. The van der Waals surface area contributed by atoms with Gasteiger partial charge < -0.3 is 13.7 Å². The zero-order valence-corrected chi connectivity index (χ0v) is 15.3. The van der Waals surface area contributed by atoms with E-state index in [2.05, 4.69) is 10.2 Å². The number of benzene rings is 1. The van der Waals surface area contributed by atoms with Gasteiger partial charge in [0.2, 0.25) is 11.2 Å². The molecule has 9 heteroatoms. The molecule has 2 aromatic heterocycles. The summed E-state index contributed by atoms with van der Waals surface area (Å²) in [6, 6.07) is 7.78. The number of carbonyl (C=O) groups is 1. The molecule has 3 rings (SSSR count). The van der Waals surface area contributed by atoms with Crippen LogP contribution in [0.5, 0.6) is 5.75 Å². The first kappa shape index (κ1) is 18.2. The molecule has 0 saturated carbocycles. The predicted molar refractivity (Wildman–Crippen MR) is 96.8 cm³/mol. The summed E-state index contributed by atoms with van der Waals surface area (Å²) in [4.78, 5) is 24.2. The van der Waals surface area contributed by atoms with Gasteiger partial charge in [-0.05, 0) is 24.3 Å². The number of Topliss-reactive ketones (excluding diaryl/α,β-unsaturated/α-hetero) is 1. The smallest absolute Gasteiger partial charge is 0.227 e. The second-order valence-corrected chi connectivity index (χ2v) is 6.69. The van der Waals surface area contributed by atoms with Crippen LogP contribution >= 0.6 is 23.4 Å². The standard InChI is InChI=1S/C17H14ClN3O4S/c1-21-10-19-20-17(21)26-9-13-6-14(22)16(8-24-13)25-7-15(23)11-2-4-12(18)5-3-11/h2-6,8,10H,7,9H2,1H3. The van der Waals surface area contributed by atoms with Crippen molar-refractivity contribution in [3.05, 3.63) is 69.5 Å². The third kappa shape index (κ3) is 4.53. The lowest BCUT2D eigenvalue weighted by Crippen LogP contribution is -2.15. The number of hydrogen-bond acceptors (Lipinski definition) is 7. The summed E-state index contributed by atoms with van der Waals surface area (Å²) in [5, 5.41) is 8.97. The van der Waals surface area contributed by atoms with E-state index in [4.69, 9.17) is 20.8 Å². The van der Waals surface area contributed by atoms with E-state index < -0.39 is 0 Å². The number of halogens is 1. The molecular formula is C17H14ClN3O4S. The van der Waals surface area contributed by atoms with Crippen LogP contribution in [0.25, 0.3) is 0 Å². The highest BCUT2D eigenvalue weighted by atomic mass is 35.5. The van der Waals surface area contributed by atoms with Gasteiger partial charge in [0.05, 0.1) is 5.75 Å². The molecule has 0 aliphatic rings. The van der Waals surface area contributed by atoms with Gasteiger partial charge in [0.1, 0.15) is 18.4 Å². The van der Waals surface area contributed by atoms with E-state index in [1.54, 1.807) is 35.2 Å². The number of carbonyl (C=O) groups excluding carboxylic acids is 1. The van der Waals surface area contributed by atoms with E-state index in [9.17, 15) is 9.59 Å². The van der Waals surface area contributed by atoms with Crippen molar-refractivity contribution in [3.8, 4) is 5.75 Å². The Kier molecular flexibility index (Phi) is 5.75. The van der Waals surface area contributed by atoms with E-state index in [0.29, 0.717) is 27.3 Å². The van der Waals surface area contributed by atoms with Crippen LogP contribution < -0.4 is 10.2 Å². The lowest BCUT2D eigenvalue weighted by Gasteiger charge is -2.06. The number of nitrogens with zero attached hydrogens (tertiary/aromatic N) is 3. The zero-order chi connectivity index (χ0) is 18.5. The maximum Gasteiger partial charge on any atom is 0.227 e. The van der Waals surface area contributed by atoms with Crippen LogP contribution in [-0.4, -0.2) is 27.2 Å². The Balaban J connectivity index is 1.59. The van der Waals surface area contributed by atoms with Crippen molar-refractivity contribution >= 4 is 29.1 Å². The van der Waals surface area contributed by atoms with E-state index in [1.165, 1.54) is 24.1 Å². The zero-order valence-electron chi connectivity index (χ0n) is 13.7. The Hall–Kier alpha value is -2.58. The number of rotatable bonds is 7. The van der Waals surface area contributed by atoms with Gasteiger partial charge in [0, 0.05) is 23.7 Å². The highest BCUT2D eigenvalue weighted by molar-refractivity contribution is 7.98. The average Bonchev–Trinajstić information content (AvgIpc) is 3.04. The molecule has 0 aliphatic carbocycles. The van der Waals surface area contributed by atoms with Crippen molar-refractivity contribution in [1.29, 1.82) is 0 Å². The number of thioether (sulfide) groups is 1. The molecule has 0 unspecified atom stereocenters. The Labute approximate surface area is 158 Å². The van der Waals surface area contributed by atoms with Crippen molar-refractivity contribution in [2.24, 2.45) is 7.05 Å². The Morgan fingerprint density at radius 3 is 2.77 bits per heavy atom. The molecule has 0 bridgehead atoms. The number of aryl methyl sites for hydroxylation is 1. The topological polar surface area (TPSA) is 87.2 Å². The van der Waals surface area contributed by atoms with Crippen LogP contribution in [0.2, 0.25) is 5.02 Å². The first-order valence-electron chi connectivity index (χ1n) is 7.53. The molecule has 0 N–H and O–H groups in total. The molecule has 0 atom stereocenters. The molecule has 0 spiro atoms. The minimum atomic E-state index is -0.353. The van der Waals surface area contributed by atoms with Crippen LogP contribution in [0.15, 0.2) is 57.3 Å². The van der Waals surface area contributed by atoms with Gasteiger partial charge in [-0.3, -0.25) is 9.59 Å². The van der Waals surface area contributed by atoms with E-state index >= 15 is 0 Å². The van der Waals surface area contributed by atoms with Crippen LogP contribution in [0.1, 0.15) is 16.1 Å². The van der Waals surface area contributed by atoms with Gasteiger partial charge in [0.15, 0.2) is 17.5 Å². The van der Waals surface area contributed by atoms with E-state index in [0.717, 1.165) is 0 Å². The van der Waals surface area contributed by atoms with Crippen molar-refractivity contribution in [2.75, 3.05) is 6.61 Å². The highest BCUT2D eigenvalue weighted by Gasteiger charge is 2.11. The second-order valence-electron chi connectivity index (χ2n) is 5.31. The Morgan fingerprint density at radius 2 is 2.12 bits per heavy atom. The quantitative estimate of drug-likeness (QED) is 0.452. The summed E-state index contributed by atoms with van der Waals surface area (Å²) in [5.41, 5.74) is 0.101. The first-order valence-corrected chi connectivity index (χ1v) is 8.89. The maximum absolute atomic E-state index is 12.1. The average molecular weight is 392 g/mol. The molecule has 2 heterocycles. The highest BCUT2D eigenvalue weighted by Crippen LogP contribution is 2.20. The normalized spacial score (nSPS) is 10.7. The fraction of sp³-hybridized carbons (Fsp3) is 0.176. The van der Waals surface area contributed by atoms with Crippen molar-refractivity contribution in [3.63, 3.8) is 0 Å². The molecular weight excluding hydrogens is 378 g/mol. The van der Waals surface area contributed by atoms with Crippen molar-refractivity contribution in [2.45, 2.75) is 10.9 Å². The van der Waals surface area contributed by atoms with Crippen molar-refractivity contribution < 1.29 is 13.9 Å². The van der Waals surface area contributed by atoms with Gasteiger partial charge in [-0.15, -0.1) is 10.2 Å². The number of aromatic nitrogens is 3. The van der Waals surface area contributed by atoms with Crippen molar-refractivity contribution in [1.82, 2.24) is 14.8 Å². The number of ether oxygens (including phenoxy) is 1. The summed E-state index contributed by atoms with van der Waals surface area (Å²) in [6.45, 7) is -0.264. The van der Waals surface area contributed by atoms with Gasteiger partial charge in [-0.25, -0.2) is 0 Å². The predicted octanol–water partition coefficient (Wildman–Crippen LogP) is 2.98. The van der Waals surface area contributed by atoms with Gasteiger partial charge in [-0.1, -0.05) is 23.4 Å². The lowest BCUT2D eigenvalue weighted by atomic mass is 10.1. The maximum atomic E-state index is 12.1. The molecule has 0 saturated heterocycles. The van der Waals surface area contributed by atoms with Crippen LogP contribution in [0.3, 0.4) is 0 Å². The minimum Gasteiger partial charge on any atom is -0.478 e. The largest absolute Gasteiger partial charge is 0.478 e. The number of ketones is 1. The summed E-state index contributed by atoms with van der Waals surface area (Å²) >= 11 is 7.17. The Morgan fingerprint density at radius 1 is 1.35 bits per heavy atom. The molecule has 0 fully saturated rings. The molecule has 0 aliphatic heterocycles. The van der Waals surface area contributed by atoms with Gasteiger partial charge >= 0.3 is 0 Å². The van der Waals surface area contributed by atoms with Crippen LogP contribution in [0.4, 0.5) is 0 Å². The summed E-state index contributed by atoms with van der Waals surface area (Å²) in [5.74, 6) is 0.619. The molecule has 134 valence electrons. The third-order valence-electron chi connectivity index (χ3n) is 3.39. The molecule has 1 aromatic carbocycles. The molecule has 0 amide bonds. The summed E-state index contributed by atoms with van der Waals surface area (Å²) < 4.78 is 12.5. The lowest BCUT2D eigenvalue weighted by molar-refractivity contribution is 0.0919. The fourth-order valence-electron chi connectivity index (χ4n) is 2.02. The SMILES string of the molecule is Cn1cnnc1SCc1cc(=O)c(OCC(=O)c2ccc(Cl)cc2)co1. The van der Waals surface area contributed by atoms with Gasteiger partial charge in [-0.2, -0.15) is 0 Å².